The Morgan fingerprint density at radius 3 is 2.92 bits per heavy atom. The molecular formula is C9H13N3O. The summed E-state index contributed by atoms with van der Waals surface area (Å²) < 4.78 is 0. The van der Waals surface area contributed by atoms with Gasteiger partial charge in [-0.3, -0.25) is 9.78 Å². The van der Waals surface area contributed by atoms with Crippen molar-refractivity contribution in [2.75, 3.05) is 6.54 Å². The van der Waals surface area contributed by atoms with Crippen molar-refractivity contribution in [1.82, 2.24) is 4.98 Å². The van der Waals surface area contributed by atoms with Crippen molar-refractivity contribution in [3.63, 3.8) is 0 Å². The second-order valence-electron chi connectivity index (χ2n) is 2.81. The van der Waals surface area contributed by atoms with Gasteiger partial charge in [-0.1, -0.05) is 0 Å². The molecule has 0 aliphatic rings. The third kappa shape index (κ3) is 2.83. The number of carbonyl (C=O) groups excluding carboxylic acids is 1. The molecule has 0 atom stereocenters. The summed E-state index contributed by atoms with van der Waals surface area (Å²) in [4.78, 5) is 14.6. The first kappa shape index (κ1) is 9.67. The van der Waals surface area contributed by atoms with E-state index < -0.39 is 5.91 Å². The van der Waals surface area contributed by atoms with Crippen LogP contribution in [-0.2, 0) is 6.42 Å². The molecule has 0 aromatic carbocycles. The molecule has 0 bridgehead atoms. The average molecular weight is 179 g/mol. The first-order valence-corrected chi connectivity index (χ1v) is 4.19. The SMILES string of the molecule is NCCCc1ccnc(C(N)=O)c1. The Morgan fingerprint density at radius 1 is 1.54 bits per heavy atom. The largest absolute Gasteiger partial charge is 0.364 e. The van der Waals surface area contributed by atoms with Crippen molar-refractivity contribution in [2.45, 2.75) is 12.8 Å². The monoisotopic (exact) mass is 179 g/mol. The number of nitrogens with two attached hydrogens (primary N) is 2. The molecule has 0 unspecified atom stereocenters. The maximum absolute atomic E-state index is 10.8. The molecule has 0 aliphatic carbocycles. The van der Waals surface area contributed by atoms with Gasteiger partial charge in [0.05, 0.1) is 0 Å². The van der Waals surface area contributed by atoms with E-state index in [2.05, 4.69) is 4.98 Å². The van der Waals surface area contributed by atoms with Crippen molar-refractivity contribution < 1.29 is 4.79 Å². The minimum absolute atomic E-state index is 0.314. The summed E-state index contributed by atoms with van der Waals surface area (Å²) in [7, 11) is 0. The highest BCUT2D eigenvalue weighted by Gasteiger charge is 2.01. The van der Waals surface area contributed by atoms with Crippen molar-refractivity contribution >= 4 is 5.91 Å². The number of rotatable bonds is 4. The van der Waals surface area contributed by atoms with Crippen LogP contribution in [0.4, 0.5) is 0 Å². The highest BCUT2D eigenvalue weighted by atomic mass is 16.1. The fourth-order valence-corrected chi connectivity index (χ4v) is 1.07. The second-order valence-corrected chi connectivity index (χ2v) is 2.81. The number of nitrogens with zero attached hydrogens (tertiary/aromatic N) is 1. The zero-order valence-corrected chi connectivity index (χ0v) is 7.36. The average Bonchev–Trinajstić information content (AvgIpc) is 2.15. The quantitative estimate of drug-likeness (QED) is 0.686. The van der Waals surface area contributed by atoms with Gasteiger partial charge in [0.1, 0.15) is 5.69 Å². The van der Waals surface area contributed by atoms with Crippen LogP contribution in [0.25, 0.3) is 0 Å². The van der Waals surface area contributed by atoms with Gasteiger partial charge in [0, 0.05) is 6.20 Å². The van der Waals surface area contributed by atoms with Gasteiger partial charge in [-0.25, -0.2) is 0 Å². The van der Waals surface area contributed by atoms with Gasteiger partial charge < -0.3 is 11.5 Å². The van der Waals surface area contributed by atoms with Crippen molar-refractivity contribution in [3.05, 3.63) is 29.6 Å². The molecule has 0 saturated heterocycles. The van der Waals surface area contributed by atoms with E-state index in [9.17, 15) is 4.79 Å². The molecule has 4 heteroatoms. The van der Waals surface area contributed by atoms with Gasteiger partial charge in [0.2, 0.25) is 0 Å². The predicted molar refractivity (Wildman–Crippen MR) is 50.1 cm³/mol. The van der Waals surface area contributed by atoms with Crippen LogP contribution in [0.15, 0.2) is 18.3 Å². The molecule has 0 spiro atoms. The molecule has 0 fully saturated rings. The Kier molecular flexibility index (Phi) is 3.40. The molecule has 1 rings (SSSR count). The number of pyridine rings is 1. The van der Waals surface area contributed by atoms with E-state index in [0.717, 1.165) is 18.4 Å². The Labute approximate surface area is 77.0 Å². The number of aryl methyl sites for hydroxylation is 1. The summed E-state index contributed by atoms with van der Waals surface area (Å²) >= 11 is 0. The van der Waals surface area contributed by atoms with Crippen LogP contribution in [0, 0.1) is 0 Å². The third-order valence-electron chi connectivity index (χ3n) is 1.75. The third-order valence-corrected chi connectivity index (χ3v) is 1.75. The molecule has 4 N–H and O–H groups in total. The van der Waals surface area contributed by atoms with Gasteiger partial charge in [-0.2, -0.15) is 0 Å². The van der Waals surface area contributed by atoms with Gasteiger partial charge in [0.15, 0.2) is 0 Å². The topological polar surface area (TPSA) is 82.0 Å². The van der Waals surface area contributed by atoms with Gasteiger partial charge >= 0.3 is 0 Å². The first-order chi connectivity index (χ1) is 6.24. The summed E-state index contributed by atoms with van der Waals surface area (Å²) in [6, 6.07) is 3.57. The zero-order valence-electron chi connectivity index (χ0n) is 7.36. The Morgan fingerprint density at radius 2 is 2.31 bits per heavy atom. The number of hydrogen-bond donors (Lipinski definition) is 2. The lowest BCUT2D eigenvalue weighted by molar-refractivity contribution is 0.0995. The molecule has 1 heterocycles. The first-order valence-electron chi connectivity index (χ1n) is 4.19. The molecule has 1 aromatic rings. The summed E-state index contributed by atoms with van der Waals surface area (Å²) in [5.74, 6) is -0.491. The molecular weight excluding hydrogens is 166 g/mol. The maximum atomic E-state index is 10.8. The van der Waals surface area contributed by atoms with Crippen LogP contribution in [0.5, 0.6) is 0 Å². The van der Waals surface area contributed by atoms with Gasteiger partial charge in [0.25, 0.3) is 5.91 Å². The van der Waals surface area contributed by atoms with Gasteiger partial charge in [-0.05, 0) is 37.1 Å². The normalized spacial score (nSPS) is 9.92. The Balaban J connectivity index is 2.73. The van der Waals surface area contributed by atoms with Crippen molar-refractivity contribution in [2.24, 2.45) is 11.5 Å². The standard InChI is InChI=1S/C9H13N3O/c10-4-1-2-7-3-5-12-8(6-7)9(11)13/h3,5-6H,1-2,4,10H2,(H2,11,13). The number of carbonyl (C=O) groups is 1. The molecule has 1 aromatic heterocycles. The highest BCUT2D eigenvalue weighted by molar-refractivity contribution is 5.90. The van der Waals surface area contributed by atoms with Crippen molar-refractivity contribution in [1.29, 1.82) is 0 Å². The second kappa shape index (κ2) is 4.57. The summed E-state index contributed by atoms with van der Waals surface area (Å²) in [5, 5.41) is 0. The van der Waals surface area contributed by atoms with E-state index in [1.165, 1.54) is 0 Å². The Bertz CT molecular complexity index is 299. The van der Waals surface area contributed by atoms with Crippen LogP contribution in [0.2, 0.25) is 0 Å². The van der Waals surface area contributed by atoms with Crippen LogP contribution < -0.4 is 11.5 Å². The fraction of sp³-hybridized carbons (Fsp3) is 0.333. The molecule has 4 nitrogen and oxygen atoms in total. The van der Waals surface area contributed by atoms with Crippen LogP contribution in [0.1, 0.15) is 22.5 Å². The summed E-state index contributed by atoms with van der Waals surface area (Å²) in [6.07, 6.45) is 3.35. The van der Waals surface area contributed by atoms with Crippen LogP contribution in [-0.4, -0.2) is 17.4 Å². The number of amides is 1. The molecule has 0 saturated carbocycles. The highest BCUT2D eigenvalue weighted by Crippen LogP contribution is 2.03. The minimum Gasteiger partial charge on any atom is -0.364 e. The van der Waals surface area contributed by atoms with E-state index in [0.29, 0.717) is 12.2 Å². The summed E-state index contributed by atoms with van der Waals surface area (Å²) in [6.45, 7) is 0.647. The molecule has 0 aliphatic heterocycles. The smallest absolute Gasteiger partial charge is 0.267 e. The fourth-order valence-electron chi connectivity index (χ4n) is 1.07. The van der Waals surface area contributed by atoms with E-state index in [-0.39, 0.29) is 0 Å². The number of aromatic nitrogens is 1. The molecule has 0 radical (unpaired) electrons. The Hall–Kier alpha value is -1.42. The number of primary amides is 1. The van der Waals surface area contributed by atoms with E-state index >= 15 is 0 Å². The molecule has 13 heavy (non-hydrogen) atoms. The minimum atomic E-state index is -0.491. The predicted octanol–water partition coefficient (Wildman–Crippen LogP) is 0.0718. The number of hydrogen-bond acceptors (Lipinski definition) is 3. The lowest BCUT2D eigenvalue weighted by Crippen LogP contribution is -2.13. The van der Waals surface area contributed by atoms with Crippen LogP contribution >= 0.6 is 0 Å². The lowest BCUT2D eigenvalue weighted by Gasteiger charge is -2.00. The summed E-state index contributed by atoms with van der Waals surface area (Å²) in [5.41, 5.74) is 11.8. The van der Waals surface area contributed by atoms with Crippen molar-refractivity contribution in [3.8, 4) is 0 Å². The van der Waals surface area contributed by atoms with Crippen LogP contribution in [0.3, 0.4) is 0 Å². The molecule has 70 valence electrons. The van der Waals surface area contributed by atoms with Gasteiger partial charge in [-0.15, -0.1) is 0 Å². The van der Waals surface area contributed by atoms with E-state index in [1.54, 1.807) is 12.3 Å². The maximum Gasteiger partial charge on any atom is 0.267 e. The zero-order chi connectivity index (χ0) is 9.68. The van der Waals surface area contributed by atoms with E-state index in [4.69, 9.17) is 11.5 Å². The molecule has 1 amide bonds. The lowest BCUT2D eigenvalue weighted by atomic mass is 10.1. The van der Waals surface area contributed by atoms with E-state index in [1.807, 2.05) is 6.07 Å².